The molecule has 2 N–H and O–H groups in total. The minimum Gasteiger partial charge on any atom is -0.338 e. The zero-order valence-electron chi connectivity index (χ0n) is 11.4. The lowest BCUT2D eigenvalue weighted by Crippen LogP contribution is -2.39. The molecule has 6 heteroatoms. The van der Waals surface area contributed by atoms with Gasteiger partial charge in [0.25, 0.3) is 0 Å². The summed E-state index contributed by atoms with van der Waals surface area (Å²) in [7, 11) is 0. The highest BCUT2D eigenvalue weighted by molar-refractivity contribution is 9.10. The largest absolute Gasteiger partial charge is 0.338 e. The van der Waals surface area contributed by atoms with Gasteiger partial charge in [0, 0.05) is 16.4 Å². The smallest absolute Gasteiger partial charge is 0.234 e. The van der Waals surface area contributed by atoms with Crippen molar-refractivity contribution in [3.63, 3.8) is 0 Å². The van der Waals surface area contributed by atoms with E-state index >= 15 is 0 Å². The molecule has 0 atom stereocenters. The van der Waals surface area contributed by atoms with Crippen LogP contribution in [0.15, 0.2) is 20.4 Å². The van der Waals surface area contributed by atoms with Gasteiger partial charge in [-0.2, -0.15) is 4.98 Å². The Hall–Kier alpha value is -0.720. The summed E-state index contributed by atoms with van der Waals surface area (Å²) in [5, 5.41) is 6.16. The summed E-state index contributed by atoms with van der Waals surface area (Å²) in [5.74, 6) is 2.15. The van der Waals surface area contributed by atoms with Gasteiger partial charge in [-0.1, -0.05) is 12.1 Å². The molecular formula is C14H18BrN3OS. The maximum Gasteiger partial charge on any atom is 0.234 e. The number of rotatable bonds is 3. The Balaban J connectivity index is 1.88. The summed E-state index contributed by atoms with van der Waals surface area (Å²) in [6, 6.07) is 2.01. The average molecular weight is 356 g/mol. The van der Waals surface area contributed by atoms with Crippen molar-refractivity contribution >= 4 is 27.3 Å². The first-order valence-electron chi connectivity index (χ1n) is 6.92. The van der Waals surface area contributed by atoms with Gasteiger partial charge in [-0.25, -0.2) is 0 Å². The number of thiophene rings is 1. The highest BCUT2D eigenvalue weighted by Crippen LogP contribution is 2.41. The number of halogens is 1. The molecule has 2 aromatic rings. The molecule has 1 fully saturated rings. The Labute approximate surface area is 130 Å². The van der Waals surface area contributed by atoms with E-state index in [0.29, 0.717) is 18.3 Å². The molecule has 0 amide bonds. The summed E-state index contributed by atoms with van der Waals surface area (Å²) < 4.78 is 6.59. The van der Waals surface area contributed by atoms with Crippen LogP contribution in [0.3, 0.4) is 0 Å². The Morgan fingerprint density at radius 2 is 2.25 bits per heavy atom. The van der Waals surface area contributed by atoms with Gasteiger partial charge < -0.3 is 10.3 Å². The molecule has 2 heterocycles. The van der Waals surface area contributed by atoms with E-state index in [2.05, 4.69) is 33.0 Å². The molecular weight excluding hydrogens is 338 g/mol. The first kappa shape index (κ1) is 14.2. The van der Waals surface area contributed by atoms with Gasteiger partial charge in [0.05, 0.1) is 10.3 Å². The predicted molar refractivity (Wildman–Crippen MR) is 83.7 cm³/mol. The Kier molecular flexibility index (Phi) is 3.97. The summed E-state index contributed by atoms with van der Waals surface area (Å²) in [6.45, 7) is 2.87. The first-order valence-corrected chi connectivity index (χ1v) is 8.59. The van der Waals surface area contributed by atoms with E-state index in [9.17, 15) is 0 Å². The molecule has 0 aliphatic heterocycles. The van der Waals surface area contributed by atoms with Crippen LogP contribution in [0.1, 0.15) is 38.5 Å². The van der Waals surface area contributed by atoms with Crippen molar-refractivity contribution < 1.29 is 4.52 Å². The van der Waals surface area contributed by atoms with Crippen LogP contribution >= 0.6 is 27.3 Å². The fourth-order valence-electron chi connectivity index (χ4n) is 2.79. The molecule has 4 nitrogen and oxygen atoms in total. The minimum atomic E-state index is -0.119. The minimum absolute atomic E-state index is 0.119. The van der Waals surface area contributed by atoms with Crippen LogP contribution in [0.2, 0.25) is 0 Å². The molecule has 1 aliphatic carbocycles. The summed E-state index contributed by atoms with van der Waals surface area (Å²) in [4.78, 5) is 5.63. The third kappa shape index (κ3) is 2.56. The number of aromatic nitrogens is 2. The van der Waals surface area contributed by atoms with E-state index in [1.807, 2.05) is 11.4 Å². The maximum absolute atomic E-state index is 6.04. The molecule has 20 heavy (non-hydrogen) atoms. The van der Waals surface area contributed by atoms with Gasteiger partial charge in [-0.3, -0.25) is 0 Å². The van der Waals surface area contributed by atoms with Crippen LogP contribution in [0.25, 0.3) is 10.7 Å². The van der Waals surface area contributed by atoms with E-state index in [1.165, 1.54) is 12.8 Å². The van der Waals surface area contributed by atoms with Crippen molar-refractivity contribution in [2.24, 2.45) is 11.7 Å². The number of hydrogen-bond donors (Lipinski definition) is 1. The second kappa shape index (κ2) is 5.58. The van der Waals surface area contributed by atoms with Crippen molar-refractivity contribution in [1.29, 1.82) is 0 Å². The molecule has 0 aromatic carbocycles. The lowest BCUT2D eigenvalue weighted by atomic mass is 9.71. The van der Waals surface area contributed by atoms with Crippen LogP contribution in [0.5, 0.6) is 0 Å². The molecule has 0 spiro atoms. The van der Waals surface area contributed by atoms with Crippen molar-refractivity contribution in [2.45, 2.75) is 38.0 Å². The Bertz CT molecular complexity index is 587. The van der Waals surface area contributed by atoms with E-state index < -0.39 is 0 Å². The van der Waals surface area contributed by atoms with Crippen molar-refractivity contribution in [3.05, 3.63) is 21.8 Å². The highest BCUT2D eigenvalue weighted by Gasteiger charge is 2.39. The second-order valence-corrected chi connectivity index (χ2v) is 7.55. The van der Waals surface area contributed by atoms with Crippen LogP contribution in [-0.2, 0) is 5.41 Å². The van der Waals surface area contributed by atoms with Gasteiger partial charge in [0.2, 0.25) is 11.7 Å². The summed E-state index contributed by atoms with van der Waals surface area (Å²) in [6.07, 6.45) is 4.44. The summed E-state index contributed by atoms with van der Waals surface area (Å²) >= 11 is 5.05. The Morgan fingerprint density at radius 1 is 1.50 bits per heavy atom. The second-order valence-electron chi connectivity index (χ2n) is 5.72. The van der Waals surface area contributed by atoms with Crippen LogP contribution in [0, 0.1) is 5.92 Å². The van der Waals surface area contributed by atoms with Crippen molar-refractivity contribution in [2.75, 3.05) is 6.54 Å². The number of hydrogen-bond acceptors (Lipinski definition) is 5. The third-order valence-electron chi connectivity index (χ3n) is 4.29. The Morgan fingerprint density at radius 3 is 2.85 bits per heavy atom. The van der Waals surface area contributed by atoms with Gasteiger partial charge in [0.15, 0.2) is 0 Å². The van der Waals surface area contributed by atoms with Crippen LogP contribution in [0.4, 0.5) is 0 Å². The molecule has 0 bridgehead atoms. The fourth-order valence-corrected chi connectivity index (χ4v) is 4.14. The quantitative estimate of drug-likeness (QED) is 0.904. The highest BCUT2D eigenvalue weighted by atomic mass is 79.9. The monoisotopic (exact) mass is 355 g/mol. The average Bonchev–Trinajstić information content (AvgIpc) is 3.09. The zero-order chi connectivity index (χ0) is 14.2. The van der Waals surface area contributed by atoms with Crippen molar-refractivity contribution in [3.8, 4) is 10.7 Å². The van der Waals surface area contributed by atoms with Crippen LogP contribution in [-0.4, -0.2) is 16.7 Å². The first-order chi connectivity index (χ1) is 9.63. The summed E-state index contributed by atoms with van der Waals surface area (Å²) in [5.41, 5.74) is 5.92. The molecule has 108 valence electrons. The predicted octanol–water partition coefficient (Wildman–Crippen LogP) is 3.97. The van der Waals surface area contributed by atoms with E-state index in [4.69, 9.17) is 10.3 Å². The van der Waals surface area contributed by atoms with Crippen LogP contribution < -0.4 is 5.73 Å². The van der Waals surface area contributed by atoms with E-state index in [1.54, 1.807) is 11.3 Å². The molecule has 0 radical (unpaired) electrons. The van der Waals surface area contributed by atoms with E-state index in [-0.39, 0.29) is 5.41 Å². The maximum atomic E-state index is 6.04. The molecule has 3 rings (SSSR count). The van der Waals surface area contributed by atoms with Gasteiger partial charge in [-0.15, -0.1) is 11.3 Å². The SMILES string of the molecule is CC1CCC(CN)(c2nc(-c3cc(Br)cs3)no2)CC1. The van der Waals surface area contributed by atoms with Gasteiger partial charge in [0.1, 0.15) is 0 Å². The van der Waals surface area contributed by atoms with E-state index in [0.717, 1.165) is 28.1 Å². The fraction of sp³-hybridized carbons (Fsp3) is 0.571. The molecule has 2 aromatic heterocycles. The number of nitrogens with zero attached hydrogens (tertiary/aromatic N) is 2. The molecule has 1 saturated carbocycles. The van der Waals surface area contributed by atoms with Gasteiger partial charge in [-0.05, 0) is 53.6 Å². The molecule has 0 unspecified atom stereocenters. The lowest BCUT2D eigenvalue weighted by molar-refractivity contribution is 0.191. The van der Waals surface area contributed by atoms with Gasteiger partial charge >= 0.3 is 0 Å². The lowest BCUT2D eigenvalue weighted by Gasteiger charge is -2.35. The molecule has 1 aliphatic rings. The topological polar surface area (TPSA) is 64.9 Å². The van der Waals surface area contributed by atoms with Crippen molar-refractivity contribution in [1.82, 2.24) is 10.1 Å². The zero-order valence-corrected chi connectivity index (χ0v) is 13.8. The number of nitrogens with two attached hydrogens (primary N) is 1. The third-order valence-corrected chi connectivity index (χ3v) is 5.98. The standard InChI is InChI=1S/C14H18BrN3OS/c1-9-2-4-14(8-16,5-3-9)13-17-12(18-19-13)11-6-10(15)7-20-11/h6-7,9H,2-5,8,16H2,1H3. The molecule has 0 saturated heterocycles. The normalized spacial score (nSPS) is 26.9.